The van der Waals surface area contributed by atoms with Gasteiger partial charge in [-0.1, -0.05) is 35.9 Å². The summed E-state index contributed by atoms with van der Waals surface area (Å²) in [6.07, 6.45) is 0. The highest BCUT2D eigenvalue weighted by Crippen LogP contribution is 2.25. The van der Waals surface area contributed by atoms with Crippen LogP contribution in [0.1, 0.15) is 5.56 Å². The van der Waals surface area contributed by atoms with Gasteiger partial charge in [-0.05, 0) is 61.0 Å². The Kier molecular flexibility index (Phi) is 5.27. The normalized spacial score (nSPS) is 10.6. The highest BCUT2D eigenvalue weighted by atomic mass is 35.5. The Bertz CT molecular complexity index is 1140. The lowest BCUT2D eigenvalue weighted by Gasteiger charge is -2.11. The molecule has 2 amide bonds. The Morgan fingerprint density at radius 2 is 1.48 bits per heavy atom. The SMILES string of the molecule is Cc1c(Cl)cccc1NC(=O)Nc1ccc(-c2nnc(-c3ccccc3)o2)cc1. The van der Waals surface area contributed by atoms with Crippen LogP contribution in [0.2, 0.25) is 5.02 Å². The molecule has 6 nitrogen and oxygen atoms in total. The van der Waals surface area contributed by atoms with Crippen molar-refractivity contribution in [3.05, 3.63) is 83.4 Å². The summed E-state index contributed by atoms with van der Waals surface area (Å²) < 4.78 is 5.75. The van der Waals surface area contributed by atoms with Gasteiger partial charge in [0.25, 0.3) is 0 Å². The van der Waals surface area contributed by atoms with Crippen LogP contribution in [-0.4, -0.2) is 16.2 Å². The van der Waals surface area contributed by atoms with E-state index in [1.807, 2.05) is 49.4 Å². The monoisotopic (exact) mass is 404 g/mol. The summed E-state index contributed by atoms with van der Waals surface area (Å²) in [5.41, 5.74) is 3.72. The minimum absolute atomic E-state index is 0.354. The number of carbonyl (C=O) groups excluding carboxylic acids is 1. The summed E-state index contributed by atoms with van der Waals surface area (Å²) in [5, 5.41) is 14.4. The molecule has 0 aliphatic rings. The van der Waals surface area contributed by atoms with E-state index in [0.29, 0.717) is 28.2 Å². The molecule has 0 spiro atoms. The lowest BCUT2D eigenvalue weighted by molar-refractivity contribution is 0.262. The van der Waals surface area contributed by atoms with Gasteiger partial charge in [0, 0.05) is 27.5 Å². The number of anilines is 2. The largest absolute Gasteiger partial charge is 0.416 e. The lowest BCUT2D eigenvalue weighted by atomic mass is 10.2. The van der Waals surface area contributed by atoms with Crippen molar-refractivity contribution in [3.63, 3.8) is 0 Å². The van der Waals surface area contributed by atoms with E-state index in [1.165, 1.54) is 0 Å². The van der Waals surface area contributed by atoms with E-state index in [-0.39, 0.29) is 6.03 Å². The summed E-state index contributed by atoms with van der Waals surface area (Å²) in [6.45, 7) is 1.85. The minimum Gasteiger partial charge on any atom is -0.416 e. The molecule has 0 bridgehead atoms. The molecule has 0 saturated heterocycles. The van der Waals surface area contributed by atoms with Crippen LogP contribution in [0, 0.1) is 6.92 Å². The van der Waals surface area contributed by atoms with E-state index in [0.717, 1.165) is 16.7 Å². The van der Waals surface area contributed by atoms with E-state index in [2.05, 4.69) is 20.8 Å². The number of benzene rings is 3. The smallest absolute Gasteiger partial charge is 0.323 e. The molecule has 0 aliphatic heterocycles. The number of nitrogens with zero attached hydrogens (tertiary/aromatic N) is 2. The van der Waals surface area contributed by atoms with Gasteiger partial charge in [0.05, 0.1) is 0 Å². The molecule has 0 unspecified atom stereocenters. The van der Waals surface area contributed by atoms with Crippen molar-refractivity contribution in [2.45, 2.75) is 6.92 Å². The van der Waals surface area contributed by atoms with E-state index in [9.17, 15) is 4.79 Å². The van der Waals surface area contributed by atoms with Crippen LogP contribution >= 0.6 is 11.6 Å². The molecule has 0 atom stereocenters. The fourth-order valence-corrected chi connectivity index (χ4v) is 2.94. The molecule has 0 saturated carbocycles. The van der Waals surface area contributed by atoms with Gasteiger partial charge in [-0.15, -0.1) is 10.2 Å². The number of nitrogens with one attached hydrogen (secondary N) is 2. The zero-order valence-electron chi connectivity index (χ0n) is 15.5. The van der Waals surface area contributed by atoms with Crippen molar-refractivity contribution in [2.24, 2.45) is 0 Å². The van der Waals surface area contributed by atoms with Crippen LogP contribution in [0.5, 0.6) is 0 Å². The fraction of sp³-hybridized carbons (Fsp3) is 0.0455. The molecule has 7 heteroatoms. The fourth-order valence-electron chi connectivity index (χ4n) is 2.76. The Morgan fingerprint density at radius 1 is 0.828 bits per heavy atom. The van der Waals surface area contributed by atoms with E-state index >= 15 is 0 Å². The van der Waals surface area contributed by atoms with Gasteiger partial charge in [0.2, 0.25) is 11.8 Å². The molecule has 0 aliphatic carbocycles. The maximum Gasteiger partial charge on any atom is 0.323 e. The predicted molar refractivity (Wildman–Crippen MR) is 114 cm³/mol. The first kappa shape index (κ1) is 18.7. The van der Waals surface area contributed by atoms with Gasteiger partial charge in [-0.3, -0.25) is 0 Å². The van der Waals surface area contributed by atoms with Crippen LogP contribution in [0.15, 0.2) is 77.2 Å². The molecule has 0 radical (unpaired) electrons. The first-order valence-corrected chi connectivity index (χ1v) is 9.30. The summed E-state index contributed by atoms with van der Waals surface area (Å²) in [4.78, 5) is 12.3. The molecular formula is C22H17ClN4O2. The highest BCUT2D eigenvalue weighted by molar-refractivity contribution is 6.31. The molecule has 1 aromatic heterocycles. The molecule has 29 heavy (non-hydrogen) atoms. The van der Waals surface area contributed by atoms with Crippen LogP contribution in [0.4, 0.5) is 16.2 Å². The first-order valence-electron chi connectivity index (χ1n) is 8.92. The summed E-state index contributed by atoms with van der Waals surface area (Å²) >= 11 is 6.08. The molecule has 0 fully saturated rings. The van der Waals surface area contributed by atoms with Crippen molar-refractivity contribution in [2.75, 3.05) is 10.6 Å². The Hall–Kier alpha value is -3.64. The third-order valence-corrected chi connectivity index (χ3v) is 4.76. The average molecular weight is 405 g/mol. The molecule has 4 aromatic rings. The summed E-state index contributed by atoms with van der Waals surface area (Å²) in [7, 11) is 0. The second-order valence-electron chi connectivity index (χ2n) is 6.35. The number of amides is 2. The maximum absolute atomic E-state index is 12.3. The second kappa shape index (κ2) is 8.16. The maximum atomic E-state index is 12.3. The van der Waals surface area contributed by atoms with Crippen LogP contribution in [0.3, 0.4) is 0 Å². The lowest BCUT2D eigenvalue weighted by Crippen LogP contribution is -2.19. The van der Waals surface area contributed by atoms with Gasteiger partial charge < -0.3 is 15.1 Å². The molecule has 1 heterocycles. The molecular weight excluding hydrogens is 388 g/mol. The standard InChI is InChI=1S/C22H17ClN4O2/c1-14-18(23)8-5-9-19(14)25-22(28)24-17-12-10-16(11-13-17)21-27-26-20(29-21)15-6-3-2-4-7-15/h2-13H,1H3,(H2,24,25,28). The van der Waals surface area contributed by atoms with Crippen molar-refractivity contribution in [1.82, 2.24) is 10.2 Å². The Labute approximate surface area is 172 Å². The Morgan fingerprint density at radius 3 is 2.17 bits per heavy atom. The number of halogens is 1. The quantitative estimate of drug-likeness (QED) is 0.436. The van der Waals surface area contributed by atoms with Gasteiger partial charge >= 0.3 is 6.03 Å². The number of rotatable bonds is 4. The molecule has 144 valence electrons. The number of aromatic nitrogens is 2. The van der Waals surface area contributed by atoms with E-state index in [1.54, 1.807) is 30.3 Å². The number of hydrogen-bond donors (Lipinski definition) is 2. The van der Waals surface area contributed by atoms with E-state index < -0.39 is 0 Å². The van der Waals surface area contributed by atoms with Gasteiger partial charge in [0.15, 0.2) is 0 Å². The number of hydrogen-bond acceptors (Lipinski definition) is 4. The van der Waals surface area contributed by atoms with Crippen molar-refractivity contribution >= 4 is 29.0 Å². The third kappa shape index (κ3) is 4.28. The molecule has 3 aromatic carbocycles. The first-order chi connectivity index (χ1) is 14.1. The predicted octanol–water partition coefficient (Wildman–Crippen LogP) is 6.01. The second-order valence-corrected chi connectivity index (χ2v) is 6.75. The number of carbonyl (C=O) groups is 1. The average Bonchev–Trinajstić information content (AvgIpc) is 3.23. The van der Waals surface area contributed by atoms with Crippen LogP contribution in [-0.2, 0) is 0 Å². The zero-order chi connectivity index (χ0) is 20.2. The van der Waals surface area contributed by atoms with Crippen molar-refractivity contribution in [1.29, 1.82) is 0 Å². The number of urea groups is 1. The zero-order valence-corrected chi connectivity index (χ0v) is 16.3. The van der Waals surface area contributed by atoms with Gasteiger partial charge in [0.1, 0.15) is 0 Å². The van der Waals surface area contributed by atoms with Crippen LogP contribution < -0.4 is 10.6 Å². The van der Waals surface area contributed by atoms with Crippen molar-refractivity contribution < 1.29 is 9.21 Å². The van der Waals surface area contributed by atoms with E-state index in [4.69, 9.17) is 16.0 Å². The summed E-state index contributed by atoms with van der Waals surface area (Å²) in [5.74, 6) is 0.869. The topological polar surface area (TPSA) is 80.0 Å². The Balaban J connectivity index is 1.44. The van der Waals surface area contributed by atoms with Gasteiger partial charge in [-0.2, -0.15) is 0 Å². The van der Waals surface area contributed by atoms with Gasteiger partial charge in [-0.25, -0.2) is 4.79 Å². The third-order valence-electron chi connectivity index (χ3n) is 4.35. The molecule has 2 N–H and O–H groups in total. The molecule has 4 rings (SSSR count). The van der Waals surface area contributed by atoms with Crippen molar-refractivity contribution in [3.8, 4) is 22.9 Å². The van der Waals surface area contributed by atoms with Crippen LogP contribution in [0.25, 0.3) is 22.9 Å². The highest BCUT2D eigenvalue weighted by Gasteiger charge is 2.11. The summed E-state index contributed by atoms with van der Waals surface area (Å²) in [6, 6.07) is 21.7. The minimum atomic E-state index is -0.354.